The smallest absolute Gasteiger partial charge is 0.388 e. The number of hydrogen-bond acceptors (Lipinski definition) is 7. The van der Waals surface area contributed by atoms with Crippen molar-refractivity contribution in [1.82, 2.24) is 25.3 Å². The molecule has 4 aliphatic heterocycles. The van der Waals surface area contributed by atoms with E-state index in [2.05, 4.69) is 16.0 Å². The van der Waals surface area contributed by atoms with Crippen LogP contribution in [-0.4, -0.2) is 91.9 Å². The van der Waals surface area contributed by atoms with Crippen LogP contribution in [0.1, 0.15) is 52.7 Å². The summed E-state index contributed by atoms with van der Waals surface area (Å²) in [6, 6.07) is 21.0. The van der Waals surface area contributed by atoms with Crippen molar-refractivity contribution >= 4 is 40.9 Å². The number of amides is 6. The zero-order valence-corrected chi connectivity index (χ0v) is 35.6. The van der Waals surface area contributed by atoms with Gasteiger partial charge >= 0.3 is 24.4 Å². The van der Waals surface area contributed by atoms with Gasteiger partial charge in [0, 0.05) is 25.8 Å². The second kappa shape index (κ2) is 17.9. The zero-order valence-electron chi connectivity index (χ0n) is 35.6. The SMILES string of the molecule is CNc1ccc([C@H]2NC(=O)N(c3cccc(C(F)(F)F)c3)C3=C2C(=O)N(CCCN(C)CCCN2CC4=C(C2=O)[C@@H](c2ccc(C#N)cc2)NC(=O)N4c2cccc(C(F)(F)F)c2)C3)cc1. The molecule has 0 aliphatic carbocycles. The number of hydrogen-bond donors (Lipinski definition) is 3. The minimum atomic E-state index is -4.67. The molecule has 6 amide bonds. The first-order chi connectivity index (χ1) is 31.5. The molecule has 3 N–H and O–H groups in total. The lowest BCUT2D eigenvalue weighted by Crippen LogP contribution is -2.47. The van der Waals surface area contributed by atoms with Gasteiger partial charge in [0.25, 0.3) is 11.8 Å². The van der Waals surface area contributed by atoms with Crippen LogP contribution in [0, 0.1) is 11.3 Å². The highest BCUT2D eigenvalue weighted by Crippen LogP contribution is 2.42. The molecule has 0 unspecified atom stereocenters. The summed E-state index contributed by atoms with van der Waals surface area (Å²) in [6.07, 6.45) is -8.38. The molecule has 0 spiro atoms. The van der Waals surface area contributed by atoms with Crippen molar-refractivity contribution < 1.29 is 45.5 Å². The molecule has 66 heavy (non-hydrogen) atoms. The van der Waals surface area contributed by atoms with E-state index in [1.54, 1.807) is 65.4 Å². The summed E-state index contributed by atoms with van der Waals surface area (Å²) in [5, 5.41) is 18.0. The van der Waals surface area contributed by atoms with Crippen molar-refractivity contribution in [2.45, 2.75) is 37.3 Å². The van der Waals surface area contributed by atoms with Gasteiger partial charge in [0.05, 0.1) is 81.8 Å². The van der Waals surface area contributed by atoms with Crippen molar-refractivity contribution in [1.29, 1.82) is 5.26 Å². The third-order valence-electron chi connectivity index (χ3n) is 12.1. The van der Waals surface area contributed by atoms with Gasteiger partial charge in [-0.3, -0.25) is 19.4 Å². The minimum absolute atomic E-state index is 0.0142. The van der Waals surface area contributed by atoms with Crippen LogP contribution in [-0.2, 0) is 21.9 Å². The lowest BCUT2D eigenvalue weighted by atomic mass is 9.94. The number of nitrogens with one attached hydrogen (secondary N) is 3. The van der Waals surface area contributed by atoms with Gasteiger partial charge in [0.1, 0.15) is 0 Å². The summed E-state index contributed by atoms with van der Waals surface area (Å²) in [7, 11) is 3.62. The fraction of sp³-hybridized carbons (Fsp3) is 0.298. The van der Waals surface area contributed by atoms with Crippen molar-refractivity contribution in [2.75, 3.05) is 68.5 Å². The Morgan fingerprint density at radius 3 is 1.48 bits per heavy atom. The number of rotatable bonds is 13. The lowest BCUT2D eigenvalue weighted by Gasteiger charge is -2.34. The summed E-state index contributed by atoms with van der Waals surface area (Å²) >= 11 is 0. The molecule has 8 rings (SSSR count). The van der Waals surface area contributed by atoms with Gasteiger partial charge in [-0.1, -0.05) is 36.4 Å². The molecule has 4 aliphatic rings. The van der Waals surface area contributed by atoms with Crippen molar-refractivity contribution in [3.8, 4) is 6.07 Å². The highest BCUT2D eigenvalue weighted by atomic mass is 19.4. The minimum Gasteiger partial charge on any atom is -0.388 e. The third-order valence-corrected chi connectivity index (χ3v) is 12.1. The Morgan fingerprint density at radius 2 is 1.09 bits per heavy atom. The van der Waals surface area contributed by atoms with Crippen LogP contribution in [0.25, 0.3) is 0 Å². The Kier molecular flexibility index (Phi) is 12.3. The number of urea groups is 2. The first-order valence-corrected chi connectivity index (χ1v) is 21.0. The largest absolute Gasteiger partial charge is 0.416 e. The van der Waals surface area contributed by atoms with Crippen molar-refractivity contribution in [3.05, 3.63) is 147 Å². The van der Waals surface area contributed by atoms with Gasteiger partial charge in [0.15, 0.2) is 0 Å². The third kappa shape index (κ3) is 8.88. The summed E-state index contributed by atoms with van der Waals surface area (Å²) in [5.41, 5.74) is 1.32. The molecule has 0 radical (unpaired) electrons. The van der Waals surface area contributed by atoms with E-state index < -0.39 is 53.5 Å². The molecule has 19 heteroatoms. The van der Waals surface area contributed by atoms with E-state index in [0.29, 0.717) is 42.6 Å². The summed E-state index contributed by atoms with van der Waals surface area (Å²) in [5.74, 6) is -0.755. The average Bonchev–Trinajstić information content (AvgIpc) is 3.79. The number of nitriles is 1. The lowest BCUT2D eigenvalue weighted by molar-refractivity contribution is -0.138. The molecular formula is C47H43F6N9O4. The molecule has 0 aromatic heterocycles. The highest BCUT2D eigenvalue weighted by Gasteiger charge is 2.47. The van der Waals surface area contributed by atoms with Gasteiger partial charge in [-0.15, -0.1) is 0 Å². The number of benzene rings is 4. The van der Waals surface area contributed by atoms with Gasteiger partial charge < -0.3 is 30.7 Å². The van der Waals surface area contributed by atoms with Crippen LogP contribution < -0.4 is 25.8 Å². The Balaban J connectivity index is 0.933. The fourth-order valence-corrected chi connectivity index (χ4v) is 8.81. The van der Waals surface area contributed by atoms with E-state index >= 15 is 0 Å². The first kappa shape index (κ1) is 45.2. The summed E-state index contributed by atoms with van der Waals surface area (Å²) in [4.78, 5) is 63.1. The van der Waals surface area contributed by atoms with Crippen LogP contribution in [0.2, 0.25) is 0 Å². The zero-order chi connectivity index (χ0) is 47.1. The predicted octanol–water partition coefficient (Wildman–Crippen LogP) is 7.78. The Bertz CT molecular complexity index is 2680. The van der Waals surface area contributed by atoms with Crippen LogP contribution in [0.5, 0.6) is 0 Å². The molecule has 342 valence electrons. The fourth-order valence-electron chi connectivity index (χ4n) is 8.81. The maximum Gasteiger partial charge on any atom is 0.416 e. The highest BCUT2D eigenvalue weighted by molar-refractivity contribution is 6.08. The molecule has 0 saturated carbocycles. The van der Waals surface area contributed by atoms with Gasteiger partial charge in [0.2, 0.25) is 0 Å². The molecule has 0 fully saturated rings. The summed E-state index contributed by atoms with van der Waals surface area (Å²) < 4.78 is 82.5. The Labute approximate surface area is 375 Å². The van der Waals surface area contributed by atoms with Crippen LogP contribution in [0.15, 0.2) is 120 Å². The molecule has 2 atom stereocenters. The normalized spacial score (nSPS) is 18.8. The van der Waals surface area contributed by atoms with Crippen molar-refractivity contribution in [2.24, 2.45) is 0 Å². The van der Waals surface area contributed by atoms with E-state index in [1.165, 1.54) is 24.3 Å². The van der Waals surface area contributed by atoms with E-state index in [0.717, 1.165) is 39.8 Å². The first-order valence-electron chi connectivity index (χ1n) is 21.0. The number of anilines is 3. The molecule has 4 aromatic carbocycles. The molecular weight excluding hydrogens is 869 g/mol. The van der Waals surface area contributed by atoms with Gasteiger partial charge in [-0.25, -0.2) is 9.59 Å². The Hall–Kier alpha value is -7.33. The van der Waals surface area contributed by atoms with Gasteiger partial charge in [-0.05, 0) is 105 Å². The second-order valence-corrected chi connectivity index (χ2v) is 16.3. The van der Waals surface area contributed by atoms with Crippen LogP contribution >= 0.6 is 0 Å². The topological polar surface area (TPSA) is 144 Å². The van der Waals surface area contributed by atoms with E-state index in [4.69, 9.17) is 0 Å². The maximum absolute atomic E-state index is 14.2. The van der Waals surface area contributed by atoms with Crippen LogP contribution in [0.3, 0.4) is 0 Å². The number of halogens is 6. The molecule has 4 heterocycles. The van der Waals surface area contributed by atoms with Gasteiger partial charge in [-0.2, -0.15) is 31.6 Å². The number of carbonyl (C=O) groups is 4. The van der Waals surface area contributed by atoms with E-state index in [9.17, 15) is 50.8 Å². The molecule has 0 saturated heterocycles. The number of carbonyl (C=O) groups excluding carboxylic acids is 4. The number of nitrogens with zero attached hydrogens (tertiary/aromatic N) is 6. The maximum atomic E-state index is 14.2. The number of alkyl halides is 6. The van der Waals surface area contributed by atoms with E-state index in [1.807, 2.05) is 18.0 Å². The monoisotopic (exact) mass is 911 g/mol. The second-order valence-electron chi connectivity index (χ2n) is 16.3. The molecule has 13 nitrogen and oxygen atoms in total. The summed E-state index contributed by atoms with van der Waals surface area (Å²) in [6.45, 7) is 1.44. The molecule has 0 bridgehead atoms. The van der Waals surface area contributed by atoms with Crippen LogP contribution in [0.4, 0.5) is 53.0 Å². The average molecular weight is 912 g/mol. The quantitative estimate of drug-likeness (QED) is 0.116. The predicted molar refractivity (Wildman–Crippen MR) is 231 cm³/mol. The Morgan fingerprint density at radius 1 is 0.667 bits per heavy atom. The molecule has 4 aromatic rings. The van der Waals surface area contributed by atoms with E-state index in [-0.39, 0.29) is 66.0 Å². The standard InChI is InChI=1S/C47H43F6N9O4/c1-55-33-17-15-30(16-18-33)41-39-37(62(45(66)57-41)35-10-4-8-32(24-35)47(51,52)53)27-60(43(39)64)22-6-20-58(2)19-5-21-59-26-36-38(42(59)63)40(29-13-11-28(25-54)12-14-29)56-44(65)61(36)34-9-3-7-31(23-34)46(48,49)50/h3-4,7-18,23-24,40-41,55H,5-6,19-22,26-27H2,1-2H3,(H,56,65)(H,57,66)/t40-,41-/m1/s1. The van der Waals surface area contributed by atoms with Crippen molar-refractivity contribution in [3.63, 3.8) is 0 Å².